The lowest BCUT2D eigenvalue weighted by atomic mass is 10.1. The van der Waals surface area contributed by atoms with Gasteiger partial charge >= 0.3 is 7.25 Å². The van der Waals surface area contributed by atoms with Crippen LogP contribution in [0.15, 0.2) is 48.8 Å². The van der Waals surface area contributed by atoms with E-state index in [1.807, 2.05) is 4.68 Å². The molecule has 0 saturated heterocycles. The van der Waals surface area contributed by atoms with Crippen molar-refractivity contribution >= 4 is 7.25 Å². The van der Waals surface area contributed by atoms with Gasteiger partial charge in [0.25, 0.3) is 12.2 Å². The Kier molecular flexibility index (Phi) is 4.94. The number of nitrogens with zero attached hydrogens (tertiary/aromatic N) is 3. The molecule has 5 rings (SSSR count). The summed E-state index contributed by atoms with van der Waals surface area (Å²) in [6, 6.07) is 15.4. The highest BCUT2D eigenvalue weighted by atomic mass is 19.5. The normalized spacial score (nSPS) is 19.7. The molecule has 3 aromatic rings. The van der Waals surface area contributed by atoms with Gasteiger partial charge in [-0.25, -0.2) is 4.57 Å². The molecule has 9 heteroatoms. The number of hydrogen-bond donors (Lipinski definition) is 0. The predicted molar refractivity (Wildman–Crippen MR) is 100 cm³/mol. The third-order valence-corrected chi connectivity index (χ3v) is 5.10. The first kappa shape index (κ1) is 19.6. The van der Waals surface area contributed by atoms with Gasteiger partial charge in [-0.05, 0) is 47.8 Å². The van der Waals surface area contributed by atoms with Crippen LogP contribution < -0.4 is 4.68 Å². The Balaban J connectivity index is 0.000000369. The Morgan fingerprint density at radius 2 is 1.72 bits per heavy atom. The number of fused-ring (bicyclic) bond motifs is 5. The van der Waals surface area contributed by atoms with Crippen molar-refractivity contribution in [2.75, 3.05) is 0 Å². The van der Waals surface area contributed by atoms with Crippen LogP contribution in [-0.4, -0.2) is 23.0 Å². The van der Waals surface area contributed by atoms with E-state index in [-0.39, 0.29) is 12.1 Å². The lowest BCUT2D eigenvalue weighted by molar-refractivity contribution is -0.658. The zero-order valence-corrected chi connectivity index (χ0v) is 16.0. The average Bonchev–Trinajstić information content (AvgIpc) is 3.20. The molecule has 0 amide bonds. The molecule has 2 aliphatic rings. The fourth-order valence-electron chi connectivity index (χ4n) is 4.13. The van der Waals surface area contributed by atoms with E-state index in [9.17, 15) is 17.3 Å². The maximum Gasteiger partial charge on any atom is 0.673 e. The molecule has 0 bridgehead atoms. The van der Waals surface area contributed by atoms with Crippen LogP contribution in [0, 0.1) is 13.8 Å². The topological polar surface area (TPSA) is 30.9 Å². The lowest BCUT2D eigenvalue weighted by Gasteiger charge is -2.22. The second-order valence-electron chi connectivity index (χ2n) is 7.42. The van der Waals surface area contributed by atoms with Gasteiger partial charge in [0.15, 0.2) is 11.7 Å². The van der Waals surface area contributed by atoms with Crippen molar-refractivity contribution in [3.63, 3.8) is 0 Å². The monoisotopic (exact) mass is 405 g/mol. The van der Waals surface area contributed by atoms with E-state index in [1.54, 1.807) is 0 Å². The quantitative estimate of drug-likeness (QED) is 0.347. The molecule has 0 saturated carbocycles. The third-order valence-electron chi connectivity index (χ3n) is 5.10. The molecule has 0 radical (unpaired) electrons. The molecule has 1 aliphatic carbocycles. The van der Waals surface area contributed by atoms with Gasteiger partial charge in [0.1, 0.15) is 12.7 Å². The van der Waals surface area contributed by atoms with Crippen LogP contribution >= 0.6 is 0 Å². The van der Waals surface area contributed by atoms with Gasteiger partial charge in [0.2, 0.25) is 0 Å². The number of rotatable bonds is 1. The molecule has 2 aromatic carbocycles. The largest absolute Gasteiger partial charge is 0.673 e. The summed E-state index contributed by atoms with van der Waals surface area (Å²) >= 11 is 0. The van der Waals surface area contributed by atoms with E-state index in [0.717, 1.165) is 17.9 Å². The van der Waals surface area contributed by atoms with E-state index < -0.39 is 7.25 Å². The van der Waals surface area contributed by atoms with Crippen LogP contribution in [0.2, 0.25) is 0 Å². The zero-order chi connectivity index (χ0) is 20.8. The van der Waals surface area contributed by atoms with Gasteiger partial charge < -0.3 is 22.0 Å². The molecule has 1 aromatic heterocycles. The van der Waals surface area contributed by atoms with Gasteiger partial charge in [-0.1, -0.05) is 30.3 Å². The van der Waals surface area contributed by atoms with Gasteiger partial charge in [-0.15, -0.1) is 4.68 Å². The fraction of sp³-hybridized carbons (Fsp3) is 0.300. The maximum atomic E-state index is 9.75. The van der Waals surface area contributed by atoms with Crippen LogP contribution in [0.1, 0.15) is 34.1 Å². The van der Waals surface area contributed by atoms with Crippen LogP contribution in [0.4, 0.5) is 17.3 Å². The minimum atomic E-state index is -6.00. The molecule has 0 spiro atoms. The van der Waals surface area contributed by atoms with E-state index >= 15 is 0 Å². The molecule has 29 heavy (non-hydrogen) atoms. The Bertz CT molecular complexity index is 1020. The van der Waals surface area contributed by atoms with Crippen molar-refractivity contribution in [2.45, 2.75) is 39.0 Å². The molecule has 1 aliphatic heterocycles. The number of benzene rings is 2. The summed E-state index contributed by atoms with van der Waals surface area (Å²) in [5.74, 6) is 0.993. The zero-order valence-electron chi connectivity index (χ0n) is 16.0. The maximum absolute atomic E-state index is 9.75. The van der Waals surface area contributed by atoms with E-state index in [1.165, 1.54) is 22.3 Å². The van der Waals surface area contributed by atoms with Crippen molar-refractivity contribution in [1.29, 1.82) is 0 Å². The van der Waals surface area contributed by atoms with Crippen LogP contribution in [0.3, 0.4) is 0 Å². The average molecular weight is 405 g/mol. The Morgan fingerprint density at radius 3 is 2.41 bits per heavy atom. The Hall–Kier alpha value is -2.68. The molecule has 152 valence electrons. The molecule has 0 fully saturated rings. The van der Waals surface area contributed by atoms with Gasteiger partial charge in [-0.2, -0.15) is 0 Å². The highest BCUT2D eigenvalue weighted by molar-refractivity contribution is 6.50. The van der Waals surface area contributed by atoms with E-state index in [0.29, 0.717) is 6.61 Å². The first-order valence-corrected chi connectivity index (χ1v) is 9.34. The van der Waals surface area contributed by atoms with Gasteiger partial charge in [0.05, 0.1) is 0 Å². The smallest absolute Gasteiger partial charge is 0.418 e. The van der Waals surface area contributed by atoms with E-state index in [4.69, 9.17) is 9.84 Å². The molecule has 2 atom stereocenters. The van der Waals surface area contributed by atoms with Crippen molar-refractivity contribution < 1.29 is 26.7 Å². The second kappa shape index (κ2) is 7.29. The number of ether oxygens (including phenoxy) is 1. The predicted octanol–water partition coefficient (Wildman–Crippen LogP) is 4.12. The van der Waals surface area contributed by atoms with Crippen LogP contribution in [-0.2, 0) is 17.8 Å². The summed E-state index contributed by atoms with van der Waals surface area (Å²) in [7, 11) is -6.00. The minimum Gasteiger partial charge on any atom is -0.418 e. The summed E-state index contributed by atoms with van der Waals surface area (Å²) in [5.41, 5.74) is 6.38. The highest BCUT2D eigenvalue weighted by Crippen LogP contribution is 2.39. The number of aryl methyl sites for hydroxylation is 2. The van der Waals surface area contributed by atoms with Gasteiger partial charge in [0, 0.05) is 12.0 Å². The Morgan fingerprint density at radius 1 is 1.07 bits per heavy atom. The summed E-state index contributed by atoms with van der Waals surface area (Å²) in [4.78, 5) is 0. The summed E-state index contributed by atoms with van der Waals surface area (Å²) < 4.78 is 49.4. The molecule has 2 heterocycles. The summed E-state index contributed by atoms with van der Waals surface area (Å²) in [6.45, 7) is 4.83. The second-order valence-corrected chi connectivity index (χ2v) is 7.42. The highest BCUT2D eigenvalue weighted by Gasteiger charge is 2.43. The molecule has 0 unspecified atom stereocenters. The lowest BCUT2D eigenvalue weighted by Crippen LogP contribution is -2.32. The molecule has 4 nitrogen and oxygen atoms in total. The standard InChI is InChI=1S/C20H20N3O.BF4/c1-13-7-14(2)9-16(8-13)23-12-22-19(21-23)11-24-18-10-15-5-3-4-6-17(15)20(18)22;2-1(3,4)5/h3-9,12,18,20H,10-11H2,1-2H3;/q+1;-1/t18-,20+;/m1./s1. The third kappa shape index (κ3) is 4.19. The van der Waals surface area contributed by atoms with E-state index in [2.05, 4.69) is 67.2 Å². The van der Waals surface area contributed by atoms with Gasteiger partial charge in [-0.3, -0.25) is 0 Å². The molecular formula is C20H20BF4N3O. The first-order chi connectivity index (χ1) is 13.7. The minimum absolute atomic E-state index is 0.219. The van der Waals surface area contributed by atoms with Crippen LogP contribution in [0.25, 0.3) is 5.69 Å². The van der Waals surface area contributed by atoms with Crippen molar-refractivity contribution in [3.05, 3.63) is 76.9 Å². The molecule has 0 N–H and O–H groups in total. The molecular weight excluding hydrogens is 385 g/mol. The Labute approximate surface area is 165 Å². The first-order valence-electron chi connectivity index (χ1n) is 9.34. The fourth-order valence-corrected chi connectivity index (χ4v) is 4.13. The SMILES string of the molecule is Cc1cc(C)cc(-[n+]2cn3c(n2)CO[C@@H]2Cc4ccccc4[C@@H]23)c1.F[B-](F)(F)F. The van der Waals surface area contributed by atoms with Crippen molar-refractivity contribution in [3.8, 4) is 5.69 Å². The number of aromatic nitrogens is 3. The summed E-state index contributed by atoms with van der Waals surface area (Å²) in [5, 5.41) is 4.79. The number of hydrogen-bond acceptors (Lipinski definition) is 2. The van der Waals surface area contributed by atoms with Crippen LogP contribution in [0.5, 0.6) is 0 Å². The summed E-state index contributed by atoms with van der Waals surface area (Å²) in [6.07, 6.45) is 3.34. The van der Waals surface area contributed by atoms with Crippen molar-refractivity contribution in [2.24, 2.45) is 0 Å². The van der Waals surface area contributed by atoms with Crippen molar-refractivity contribution in [1.82, 2.24) is 9.67 Å². The number of halogens is 4.